The Labute approximate surface area is 82.9 Å². The van der Waals surface area contributed by atoms with Gasteiger partial charge in [0.05, 0.1) is 6.10 Å². The van der Waals surface area contributed by atoms with E-state index in [2.05, 4.69) is 0 Å². The Morgan fingerprint density at radius 1 is 1.69 bits per heavy atom. The summed E-state index contributed by atoms with van der Waals surface area (Å²) < 4.78 is 5.71. The lowest BCUT2D eigenvalue weighted by molar-refractivity contribution is -0.144. The summed E-state index contributed by atoms with van der Waals surface area (Å²) in [5, 5.41) is -0.521. The van der Waals surface area contributed by atoms with Crippen molar-refractivity contribution in [3.63, 3.8) is 0 Å². The van der Waals surface area contributed by atoms with E-state index in [9.17, 15) is 4.79 Å². The lowest BCUT2D eigenvalue weighted by Crippen LogP contribution is -2.51. The van der Waals surface area contributed by atoms with E-state index >= 15 is 0 Å². The molecule has 13 heavy (non-hydrogen) atoms. The van der Waals surface area contributed by atoms with Crippen molar-refractivity contribution >= 4 is 17.4 Å². The highest BCUT2D eigenvalue weighted by Crippen LogP contribution is 2.40. The number of halogens is 1. The third-order valence-electron chi connectivity index (χ3n) is 2.96. The zero-order valence-electron chi connectivity index (χ0n) is 7.79. The van der Waals surface area contributed by atoms with Crippen LogP contribution in [0.5, 0.6) is 0 Å². The first-order valence-electron chi connectivity index (χ1n) is 4.63. The molecule has 0 aromatic carbocycles. The molecular formula is C10H13ClO2. The molecule has 3 heteroatoms. The smallest absolute Gasteiger partial charge is 0.159 e. The molecular weight excluding hydrogens is 188 g/mol. The number of rotatable bonds is 1. The number of Topliss-reactive ketones (excluding diaryl/α,β-unsaturated/α-hetero) is 1. The number of ketones is 1. The Bertz CT molecular complexity index is 270. The molecule has 2 bridgehead atoms. The quantitative estimate of drug-likeness (QED) is 0.478. The maximum atomic E-state index is 11.8. The van der Waals surface area contributed by atoms with Crippen LogP contribution in [0.4, 0.5) is 0 Å². The highest BCUT2D eigenvalue weighted by atomic mass is 35.5. The number of fused-ring (bicyclic) bond motifs is 2. The molecule has 0 aromatic heterocycles. The molecule has 1 fully saturated rings. The summed E-state index contributed by atoms with van der Waals surface area (Å²) in [5.41, 5.74) is -0.561. The van der Waals surface area contributed by atoms with Crippen molar-refractivity contribution in [3.05, 3.63) is 12.2 Å². The van der Waals surface area contributed by atoms with Crippen LogP contribution in [0.15, 0.2) is 12.2 Å². The molecule has 2 rings (SSSR count). The Balaban J connectivity index is 2.33. The maximum absolute atomic E-state index is 11.8. The third-order valence-corrected chi connectivity index (χ3v) is 3.61. The van der Waals surface area contributed by atoms with Crippen molar-refractivity contribution in [1.82, 2.24) is 0 Å². The predicted molar refractivity (Wildman–Crippen MR) is 50.8 cm³/mol. The Morgan fingerprint density at radius 3 is 3.00 bits per heavy atom. The molecule has 0 N–H and O–H groups in total. The van der Waals surface area contributed by atoms with Crippen LogP contribution in [0.25, 0.3) is 0 Å². The molecule has 4 atom stereocenters. The van der Waals surface area contributed by atoms with Gasteiger partial charge >= 0.3 is 0 Å². The first kappa shape index (κ1) is 9.22. The van der Waals surface area contributed by atoms with E-state index in [0.29, 0.717) is 0 Å². The SMILES string of the molecule is CC[C@@H]1C(=O)[C@H](Cl)[C@@]2(C)C=C[C@@H]1O2. The molecule has 0 unspecified atom stereocenters. The minimum Gasteiger partial charge on any atom is -0.361 e. The average Bonchev–Trinajstić information content (AvgIpc) is 2.45. The van der Waals surface area contributed by atoms with Gasteiger partial charge in [-0.2, -0.15) is 0 Å². The summed E-state index contributed by atoms with van der Waals surface area (Å²) >= 11 is 6.05. The van der Waals surface area contributed by atoms with E-state index in [0.717, 1.165) is 6.42 Å². The van der Waals surface area contributed by atoms with Gasteiger partial charge in [0.1, 0.15) is 11.0 Å². The number of carbonyl (C=O) groups excluding carboxylic acids is 1. The van der Waals surface area contributed by atoms with Gasteiger partial charge < -0.3 is 4.74 Å². The number of hydrogen-bond acceptors (Lipinski definition) is 2. The summed E-state index contributed by atoms with van der Waals surface area (Å²) in [6, 6.07) is 0. The molecule has 2 nitrogen and oxygen atoms in total. The van der Waals surface area contributed by atoms with Gasteiger partial charge in [0, 0.05) is 5.92 Å². The zero-order chi connectivity index (χ0) is 9.64. The van der Waals surface area contributed by atoms with E-state index in [1.165, 1.54) is 0 Å². The lowest BCUT2D eigenvalue weighted by atomic mass is 9.87. The summed E-state index contributed by atoms with van der Waals surface area (Å²) in [4.78, 5) is 11.8. The fourth-order valence-electron chi connectivity index (χ4n) is 2.08. The van der Waals surface area contributed by atoms with E-state index in [1.807, 2.05) is 26.0 Å². The van der Waals surface area contributed by atoms with Gasteiger partial charge in [-0.15, -0.1) is 11.6 Å². The van der Waals surface area contributed by atoms with Crippen LogP contribution in [0.3, 0.4) is 0 Å². The molecule has 0 amide bonds. The van der Waals surface area contributed by atoms with Gasteiger partial charge in [-0.3, -0.25) is 4.79 Å². The van der Waals surface area contributed by atoms with Gasteiger partial charge in [0.25, 0.3) is 0 Å². The van der Waals surface area contributed by atoms with Crippen molar-refractivity contribution in [1.29, 1.82) is 0 Å². The first-order valence-corrected chi connectivity index (χ1v) is 5.07. The molecule has 2 aliphatic rings. The number of carbonyl (C=O) groups is 1. The van der Waals surface area contributed by atoms with Gasteiger partial charge in [-0.1, -0.05) is 19.1 Å². The van der Waals surface area contributed by atoms with Crippen LogP contribution >= 0.6 is 11.6 Å². The molecule has 2 heterocycles. The van der Waals surface area contributed by atoms with E-state index < -0.39 is 11.0 Å². The van der Waals surface area contributed by atoms with Crippen molar-refractivity contribution < 1.29 is 9.53 Å². The minimum absolute atomic E-state index is 0.0440. The maximum Gasteiger partial charge on any atom is 0.159 e. The second-order valence-electron chi connectivity index (χ2n) is 3.91. The first-order chi connectivity index (χ1) is 6.08. The lowest BCUT2D eigenvalue weighted by Gasteiger charge is -2.37. The van der Waals surface area contributed by atoms with Crippen molar-refractivity contribution in [2.75, 3.05) is 0 Å². The molecule has 0 radical (unpaired) electrons. The monoisotopic (exact) mass is 200 g/mol. The van der Waals surface area contributed by atoms with Crippen LogP contribution in [0, 0.1) is 5.92 Å². The van der Waals surface area contributed by atoms with Crippen molar-refractivity contribution in [3.8, 4) is 0 Å². The molecule has 0 saturated carbocycles. The van der Waals surface area contributed by atoms with Gasteiger partial charge in [0.15, 0.2) is 5.78 Å². The number of hydrogen-bond donors (Lipinski definition) is 0. The highest BCUT2D eigenvalue weighted by Gasteiger charge is 2.51. The largest absolute Gasteiger partial charge is 0.361 e. The fraction of sp³-hybridized carbons (Fsp3) is 0.700. The number of alkyl halides is 1. The van der Waals surface area contributed by atoms with Crippen LogP contribution in [-0.2, 0) is 9.53 Å². The molecule has 1 saturated heterocycles. The summed E-state index contributed by atoms with van der Waals surface area (Å²) in [6.45, 7) is 3.86. The zero-order valence-corrected chi connectivity index (χ0v) is 8.54. The van der Waals surface area contributed by atoms with Gasteiger partial charge in [-0.05, 0) is 13.3 Å². The third kappa shape index (κ3) is 1.16. The highest BCUT2D eigenvalue weighted by molar-refractivity contribution is 6.33. The summed E-state index contributed by atoms with van der Waals surface area (Å²) in [7, 11) is 0. The standard InChI is InChI=1S/C10H13ClO2/c1-3-6-7-4-5-10(2,13-7)9(11)8(6)12/h4-7,9H,3H2,1-2H3/t6-,7-,9-,10+/m0/s1. The summed E-state index contributed by atoms with van der Waals surface area (Å²) in [5.74, 6) is 0.0854. The topological polar surface area (TPSA) is 26.3 Å². The second-order valence-corrected chi connectivity index (χ2v) is 4.34. The van der Waals surface area contributed by atoms with Crippen LogP contribution in [-0.4, -0.2) is 22.9 Å². The Kier molecular flexibility index (Phi) is 2.00. The number of ether oxygens (including phenoxy) is 1. The van der Waals surface area contributed by atoms with Crippen LogP contribution in [0.1, 0.15) is 20.3 Å². The molecule has 0 spiro atoms. The van der Waals surface area contributed by atoms with Gasteiger partial charge in [-0.25, -0.2) is 0 Å². The normalized spacial score (nSPS) is 48.5. The molecule has 2 aliphatic heterocycles. The van der Waals surface area contributed by atoms with Crippen molar-refractivity contribution in [2.24, 2.45) is 5.92 Å². The second kappa shape index (κ2) is 2.82. The average molecular weight is 201 g/mol. The van der Waals surface area contributed by atoms with E-state index in [1.54, 1.807) is 0 Å². The van der Waals surface area contributed by atoms with Crippen molar-refractivity contribution in [2.45, 2.75) is 37.4 Å². The molecule has 0 aliphatic carbocycles. The summed E-state index contributed by atoms with van der Waals surface area (Å²) in [6.07, 6.45) is 4.64. The molecule has 72 valence electrons. The fourth-order valence-corrected chi connectivity index (χ4v) is 2.37. The van der Waals surface area contributed by atoms with Gasteiger partial charge in [0.2, 0.25) is 0 Å². The molecule has 0 aromatic rings. The Morgan fingerprint density at radius 2 is 2.38 bits per heavy atom. The van der Waals surface area contributed by atoms with Crippen LogP contribution in [0.2, 0.25) is 0 Å². The van der Waals surface area contributed by atoms with E-state index in [-0.39, 0.29) is 17.8 Å². The predicted octanol–water partition coefficient (Wildman–Crippen LogP) is 1.92. The van der Waals surface area contributed by atoms with Crippen LogP contribution < -0.4 is 0 Å². The van der Waals surface area contributed by atoms with E-state index in [4.69, 9.17) is 16.3 Å². The Hall–Kier alpha value is -0.340. The minimum atomic E-state index is -0.561.